The number of aryl methyl sites for hydroxylation is 1. The minimum atomic E-state index is -0.0510. The number of halogens is 1. The highest BCUT2D eigenvalue weighted by Crippen LogP contribution is 2.27. The van der Waals surface area contributed by atoms with Gasteiger partial charge in [0.1, 0.15) is 11.8 Å². The highest BCUT2D eigenvalue weighted by Gasteiger charge is 2.22. The van der Waals surface area contributed by atoms with Crippen LogP contribution in [0, 0.1) is 0 Å². The second-order valence-electron chi connectivity index (χ2n) is 3.90. The van der Waals surface area contributed by atoms with Crippen molar-refractivity contribution >= 4 is 11.6 Å². The standard InChI is InChI=1S/C12H16ClN3O/c1-3-6-14-11(10-5-4-7-17-10)12-9(13)8-15-16(12)2/h4-5,7-8,11,14H,3,6H2,1-2H3. The highest BCUT2D eigenvalue weighted by atomic mass is 35.5. The van der Waals surface area contributed by atoms with Gasteiger partial charge in [-0.05, 0) is 25.1 Å². The minimum Gasteiger partial charge on any atom is -0.467 e. The van der Waals surface area contributed by atoms with Crippen molar-refractivity contribution in [3.8, 4) is 0 Å². The van der Waals surface area contributed by atoms with Gasteiger partial charge in [-0.2, -0.15) is 5.10 Å². The molecule has 17 heavy (non-hydrogen) atoms. The Kier molecular flexibility index (Phi) is 3.86. The number of furan rings is 1. The summed E-state index contributed by atoms with van der Waals surface area (Å²) in [7, 11) is 1.88. The van der Waals surface area contributed by atoms with Gasteiger partial charge in [0.25, 0.3) is 0 Å². The van der Waals surface area contributed by atoms with Gasteiger partial charge >= 0.3 is 0 Å². The molecule has 0 radical (unpaired) electrons. The van der Waals surface area contributed by atoms with Crippen molar-refractivity contribution in [1.29, 1.82) is 0 Å². The van der Waals surface area contributed by atoms with Crippen LogP contribution in [0.1, 0.15) is 30.8 Å². The Balaban J connectivity index is 2.33. The van der Waals surface area contributed by atoms with E-state index in [0.717, 1.165) is 24.4 Å². The van der Waals surface area contributed by atoms with Gasteiger partial charge < -0.3 is 9.73 Å². The van der Waals surface area contributed by atoms with Crippen LogP contribution in [0.3, 0.4) is 0 Å². The summed E-state index contributed by atoms with van der Waals surface area (Å²) in [6.07, 6.45) is 4.37. The molecule has 0 fully saturated rings. The van der Waals surface area contributed by atoms with Crippen molar-refractivity contribution in [2.75, 3.05) is 6.54 Å². The second kappa shape index (κ2) is 5.38. The highest BCUT2D eigenvalue weighted by molar-refractivity contribution is 6.31. The Morgan fingerprint density at radius 3 is 2.94 bits per heavy atom. The molecule has 0 saturated carbocycles. The number of nitrogens with zero attached hydrogens (tertiary/aromatic N) is 2. The predicted molar refractivity (Wildman–Crippen MR) is 67.1 cm³/mol. The van der Waals surface area contributed by atoms with Gasteiger partial charge in [0, 0.05) is 7.05 Å². The molecule has 0 aromatic carbocycles. The zero-order valence-corrected chi connectivity index (χ0v) is 10.7. The molecule has 5 heteroatoms. The normalized spacial score (nSPS) is 12.9. The van der Waals surface area contributed by atoms with Crippen molar-refractivity contribution in [3.63, 3.8) is 0 Å². The van der Waals surface area contributed by atoms with Crippen LogP contribution in [-0.2, 0) is 7.05 Å². The molecule has 2 aromatic heterocycles. The van der Waals surface area contributed by atoms with E-state index in [1.807, 2.05) is 19.2 Å². The molecule has 92 valence electrons. The maximum atomic E-state index is 6.17. The average molecular weight is 254 g/mol. The van der Waals surface area contributed by atoms with Gasteiger partial charge in [-0.15, -0.1) is 0 Å². The monoisotopic (exact) mass is 253 g/mol. The molecule has 0 saturated heterocycles. The predicted octanol–water partition coefficient (Wildman–Crippen LogP) is 2.76. The molecule has 0 aliphatic carbocycles. The van der Waals surface area contributed by atoms with Crippen LogP contribution in [0.2, 0.25) is 5.02 Å². The SMILES string of the molecule is CCCNC(c1ccco1)c1c(Cl)cnn1C. The fourth-order valence-corrected chi connectivity index (χ4v) is 2.10. The van der Waals surface area contributed by atoms with Crippen LogP contribution in [-0.4, -0.2) is 16.3 Å². The van der Waals surface area contributed by atoms with Crippen LogP contribution in [0.5, 0.6) is 0 Å². The van der Waals surface area contributed by atoms with E-state index in [2.05, 4.69) is 17.3 Å². The smallest absolute Gasteiger partial charge is 0.126 e. The summed E-state index contributed by atoms with van der Waals surface area (Å²) in [4.78, 5) is 0. The summed E-state index contributed by atoms with van der Waals surface area (Å²) in [5, 5.41) is 8.23. The first-order valence-corrected chi connectivity index (χ1v) is 6.06. The Morgan fingerprint density at radius 2 is 2.41 bits per heavy atom. The Bertz CT molecular complexity index is 445. The average Bonchev–Trinajstić information content (AvgIpc) is 2.93. The van der Waals surface area contributed by atoms with Crippen LogP contribution in [0.25, 0.3) is 0 Å². The van der Waals surface area contributed by atoms with E-state index in [4.69, 9.17) is 16.0 Å². The summed E-state index contributed by atoms with van der Waals surface area (Å²) in [5.41, 5.74) is 0.926. The summed E-state index contributed by atoms with van der Waals surface area (Å²) in [5.74, 6) is 0.851. The number of hydrogen-bond donors (Lipinski definition) is 1. The fourth-order valence-electron chi connectivity index (χ4n) is 1.82. The van der Waals surface area contributed by atoms with Crippen molar-refractivity contribution in [2.24, 2.45) is 7.05 Å². The maximum Gasteiger partial charge on any atom is 0.126 e. The Labute approximate surface area is 106 Å². The van der Waals surface area contributed by atoms with Gasteiger partial charge in [-0.3, -0.25) is 4.68 Å². The lowest BCUT2D eigenvalue weighted by Crippen LogP contribution is -2.25. The molecule has 1 atom stereocenters. The third-order valence-electron chi connectivity index (χ3n) is 2.64. The minimum absolute atomic E-state index is 0.0510. The van der Waals surface area contributed by atoms with Gasteiger partial charge in [0.05, 0.1) is 23.2 Å². The van der Waals surface area contributed by atoms with Crippen molar-refractivity contribution in [3.05, 3.63) is 41.1 Å². The third kappa shape index (κ3) is 2.53. The molecule has 2 rings (SSSR count). The Hall–Kier alpha value is -1.26. The first-order chi connectivity index (χ1) is 8.24. The second-order valence-corrected chi connectivity index (χ2v) is 4.31. The van der Waals surface area contributed by atoms with E-state index in [0.29, 0.717) is 5.02 Å². The molecule has 0 aliphatic heterocycles. The van der Waals surface area contributed by atoms with Gasteiger partial charge in [0.15, 0.2) is 0 Å². The quantitative estimate of drug-likeness (QED) is 0.891. The van der Waals surface area contributed by atoms with Crippen LogP contribution in [0.4, 0.5) is 0 Å². The molecule has 1 N–H and O–H groups in total. The van der Waals surface area contributed by atoms with E-state index in [1.165, 1.54) is 0 Å². The van der Waals surface area contributed by atoms with Crippen LogP contribution < -0.4 is 5.32 Å². The van der Waals surface area contributed by atoms with Crippen LogP contribution in [0.15, 0.2) is 29.0 Å². The van der Waals surface area contributed by atoms with Crippen molar-refractivity contribution < 1.29 is 4.42 Å². The first-order valence-electron chi connectivity index (χ1n) is 5.68. The number of nitrogens with one attached hydrogen (secondary N) is 1. The first kappa shape index (κ1) is 12.2. The summed E-state index contributed by atoms with van der Waals surface area (Å²) in [6, 6.07) is 3.77. The molecular weight excluding hydrogens is 238 g/mol. The van der Waals surface area contributed by atoms with E-state index in [9.17, 15) is 0 Å². The van der Waals surface area contributed by atoms with E-state index in [1.54, 1.807) is 17.1 Å². The zero-order chi connectivity index (χ0) is 12.3. The maximum absolute atomic E-state index is 6.17. The van der Waals surface area contributed by atoms with Crippen molar-refractivity contribution in [1.82, 2.24) is 15.1 Å². The third-order valence-corrected chi connectivity index (χ3v) is 2.93. The summed E-state index contributed by atoms with van der Waals surface area (Å²) >= 11 is 6.17. The molecule has 1 unspecified atom stereocenters. The van der Waals surface area contributed by atoms with Gasteiger partial charge in [-0.1, -0.05) is 18.5 Å². The summed E-state index contributed by atoms with van der Waals surface area (Å²) < 4.78 is 7.24. The lowest BCUT2D eigenvalue weighted by molar-refractivity contribution is 0.432. The molecule has 0 aliphatic rings. The topological polar surface area (TPSA) is 43.0 Å². The molecule has 0 bridgehead atoms. The molecular formula is C12H16ClN3O. The van der Waals surface area contributed by atoms with E-state index in [-0.39, 0.29) is 6.04 Å². The van der Waals surface area contributed by atoms with Gasteiger partial charge in [0.2, 0.25) is 0 Å². The number of hydrogen-bond acceptors (Lipinski definition) is 3. The molecule has 0 amide bonds. The lowest BCUT2D eigenvalue weighted by Gasteiger charge is -2.17. The Morgan fingerprint density at radius 1 is 1.59 bits per heavy atom. The lowest BCUT2D eigenvalue weighted by atomic mass is 10.1. The molecule has 4 nitrogen and oxygen atoms in total. The number of rotatable bonds is 5. The summed E-state index contributed by atoms with van der Waals surface area (Å²) in [6.45, 7) is 3.02. The number of aromatic nitrogens is 2. The van der Waals surface area contributed by atoms with Crippen LogP contribution >= 0.6 is 11.6 Å². The van der Waals surface area contributed by atoms with E-state index >= 15 is 0 Å². The molecule has 2 aromatic rings. The van der Waals surface area contributed by atoms with Gasteiger partial charge in [-0.25, -0.2) is 0 Å². The molecule has 0 spiro atoms. The molecule has 2 heterocycles. The zero-order valence-electron chi connectivity index (χ0n) is 9.98. The van der Waals surface area contributed by atoms with Crippen molar-refractivity contribution in [2.45, 2.75) is 19.4 Å². The largest absolute Gasteiger partial charge is 0.467 e. The van der Waals surface area contributed by atoms with E-state index < -0.39 is 0 Å². The fraction of sp³-hybridized carbons (Fsp3) is 0.417.